The predicted octanol–water partition coefficient (Wildman–Crippen LogP) is 8.24. The van der Waals surface area contributed by atoms with Crippen LogP contribution >= 0.6 is 0 Å². The molecule has 0 saturated carbocycles. The summed E-state index contributed by atoms with van der Waals surface area (Å²) in [6.45, 7) is 3.20. The molecule has 0 bridgehead atoms. The SMILES string of the molecule is Cc1ccccc1N=Nc1c(S(=O)(=O)O)cc2cc(NC(=O)Nc3ccc4c(O)c(N=Nc5ccc(S(=O)(=O)O)cc5C)c(S(=O)(=O)O)cc4c3)ccc2c1O. The normalized spacial score (nSPS) is 12.5. The first kappa shape index (κ1) is 39.3. The first-order valence-electron chi connectivity index (χ1n) is 15.8. The van der Waals surface area contributed by atoms with Crippen molar-refractivity contribution in [3.8, 4) is 11.5 Å². The van der Waals surface area contributed by atoms with E-state index in [-0.39, 0.29) is 44.2 Å². The molecule has 7 N–H and O–H groups in total. The standard InChI is InChI=1S/C35H28N6O12S3/c1-18-5-3-4-6-27(18)38-40-31-29(55(48,49)50)16-20-14-22(7-10-25(20)33(31)42)36-35(44)37-23-8-11-26-21(15-23)17-30(56(51,52)53)32(34(26)43)41-39-28-12-9-24(13-19(28)2)54(45,46)47/h3-17,42-43H,1-2H3,(H2,36,37,44)(H,45,46,47)(H,48,49,50)(H,51,52,53). The number of phenols is 2. The molecule has 6 aromatic rings. The molecule has 0 atom stereocenters. The molecule has 0 unspecified atom stereocenters. The lowest BCUT2D eigenvalue weighted by atomic mass is 10.1. The number of urea groups is 1. The maximum Gasteiger partial charge on any atom is 0.323 e. The predicted molar refractivity (Wildman–Crippen MR) is 204 cm³/mol. The zero-order valence-corrected chi connectivity index (χ0v) is 31.2. The van der Waals surface area contributed by atoms with Gasteiger partial charge in [0.2, 0.25) is 0 Å². The fourth-order valence-electron chi connectivity index (χ4n) is 5.52. The zero-order chi connectivity index (χ0) is 40.7. The van der Waals surface area contributed by atoms with Crippen LogP contribution in [0.15, 0.2) is 126 Å². The van der Waals surface area contributed by atoms with Crippen LogP contribution in [0.4, 0.5) is 38.9 Å². The van der Waals surface area contributed by atoms with Crippen LogP contribution in [0, 0.1) is 13.8 Å². The molecule has 6 aromatic carbocycles. The van der Waals surface area contributed by atoms with Crippen molar-refractivity contribution in [3.63, 3.8) is 0 Å². The average Bonchev–Trinajstić information content (AvgIpc) is 3.10. The van der Waals surface area contributed by atoms with Gasteiger partial charge in [-0.3, -0.25) is 13.7 Å². The molecule has 6 rings (SSSR count). The Bertz CT molecular complexity index is 3030. The molecule has 0 spiro atoms. The van der Waals surface area contributed by atoms with Crippen molar-refractivity contribution in [2.75, 3.05) is 10.6 Å². The van der Waals surface area contributed by atoms with Gasteiger partial charge in [0.05, 0.1) is 16.3 Å². The molecule has 0 heterocycles. The monoisotopic (exact) mass is 820 g/mol. The summed E-state index contributed by atoms with van der Waals surface area (Å²) >= 11 is 0. The minimum absolute atomic E-state index is 0.0369. The molecule has 56 heavy (non-hydrogen) atoms. The van der Waals surface area contributed by atoms with Gasteiger partial charge in [0.15, 0.2) is 11.5 Å². The van der Waals surface area contributed by atoms with Gasteiger partial charge in [0.25, 0.3) is 30.4 Å². The molecular formula is C35H28N6O12S3. The summed E-state index contributed by atoms with van der Waals surface area (Å²) in [6, 6.07) is 19.4. The molecule has 0 saturated heterocycles. The Hall–Kier alpha value is -6.36. The van der Waals surface area contributed by atoms with E-state index in [1.165, 1.54) is 49.4 Å². The highest BCUT2D eigenvalue weighted by Gasteiger charge is 2.24. The van der Waals surface area contributed by atoms with Gasteiger partial charge >= 0.3 is 6.03 Å². The Morgan fingerprint density at radius 2 is 1.00 bits per heavy atom. The zero-order valence-electron chi connectivity index (χ0n) is 28.8. The second kappa shape index (κ2) is 14.7. The summed E-state index contributed by atoms with van der Waals surface area (Å²) < 4.78 is 101. The molecular weight excluding hydrogens is 793 g/mol. The molecule has 0 aliphatic heterocycles. The number of nitrogens with zero attached hydrogens (tertiary/aromatic N) is 4. The number of hydrogen-bond acceptors (Lipinski definition) is 13. The summed E-state index contributed by atoms with van der Waals surface area (Å²) in [7, 11) is -14.5. The quantitative estimate of drug-likeness (QED) is 0.0536. The maximum absolute atomic E-state index is 13.0. The second-order valence-corrected chi connectivity index (χ2v) is 16.4. The van der Waals surface area contributed by atoms with Crippen molar-refractivity contribution >= 4 is 92.1 Å². The fourth-order valence-corrected chi connectivity index (χ4v) is 7.40. The number of anilines is 2. The number of rotatable bonds is 9. The van der Waals surface area contributed by atoms with Crippen LogP contribution in [0.2, 0.25) is 0 Å². The lowest BCUT2D eigenvalue weighted by molar-refractivity contribution is 0.262. The van der Waals surface area contributed by atoms with Crippen molar-refractivity contribution in [2.45, 2.75) is 28.5 Å². The molecule has 18 nitrogen and oxygen atoms in total. The third kappa shape index (κ3) is 8.31. The van der Waals surface area contributed by atoms with E-state index in [0.717, 1.165) is 29.8 Å². The van der Waals surface area contributed by atoms with E-state index in [1.54, 1.807) is 31.2 Å². The van der Waals surface area contributed by atoms with Crippen molar-refractivity contribution in [1.29, 1.82) is 0 Å². The highest BCUT2D eigenvalue weighted by Crippen LogP contribution is 2.44. The van der Waals surface area contributed by atoms with Crippen molar-refractivity contribution < 1.29 is 53.9 Å². The van der Waals surface area contributed by atoms with E-state index in [9.17, 15) is 53.9 Å². The molecule has 0 aliphatic carbocycles. The number of hydrogen-bond donors (Lipinski definition) is 7. The number of aromatic hydroxyl groups is 2. The minimum Gasteiger partial charge on any atom is -0.505 e. The van der Waals surface area contributed by atoms with E-state index in [2.05, 4.69) is 31.1 Å². The summed E-state index contributed by atoms with van der Waals surface area (Å²) in [5.41, 5.74) is 0.467. The molecule has 288 valence electrons. The van der Waals surface area contributed by atoms with E-state index in [1.807, 2.05) is 0 Å². The molecule has 0 radical (unpaired) electrons. The van der Waals surface area contributed by atoms with Gasteiger partial charge in [0.1, 0.15) is 21.2 Å². The summed E-state index contributed by atoms with van der Waals surface area (Å²) in [5, 5.41) is 43.0. The fraction of sp³-hybridized carbons (Fsp3) is 0.0571. The Morgan fingerprint density at radius 1 is 0.536 bits per heavy atom. The van der Waals surface area contributed by atoms with Crippen LogP contribution in [0.25, 0.3) is 21.5 Å². The number of benzene rings is 6. The number of phenolic OH excluding ortho intramolecular Hbond substituents is 2. The van der Waals surface area contributed by atoms with Gasteiger partial charge in [-0.15, -0.1) is 10.2 Å². The van der Waals surface area contributed by atoms with Crippen LogP contribution in [0.5, 0.6) is 11.5 Å². The van der Waals surface area contributed by atoms with Crippen LogP contribution in [0.3, 0.4) is 0 Å². The van der Waals surface area contributed by atoms with Gasteiger partial charge < -0.3 is 20.8 Å². The lowest BCUT2D eigenvalue weighted by Gasteiger charge is -2.13. The van der Waals surface area contributed by atoms with E-state index < -0.39 is 73.9 Å². The average molecular weight is 821 g/mol. The second-order valence-electron chi connectivity index (χ2n) is 12.2. The van der Waals surface area contributed by atoms with Gasteiger partial charge in [-0.2, -0.15) is 35.5 Å². The largest absolute Gasteiger partial charge is 0.505 e. The highest BCUT2D eigenvalue weighted by molar-refractivity contribution is 7.86. The molecule has 21 heteroatoms. The van der Waals surface area contributed by atoms with Gasteiger partial charge in [-0.1, -0.05) is 18.2 Å². The Kier molecular flexibility index (Phi) is 10.3. The van der Waals surface area contributed by atoms with Crippen molar-refractivity contribution in [1.82, 2.24) is 0 Å². The minimum atomic E-state index is -5.03. The van der Waals surface area contributed by atoms with E-state index >= 15 is 0 Å². The number of nitrogens with one attached hydrogen (secondary N) is 2. The maximum atomic E-state index is 13.0. The van der Waals surface area contributed by atoms with Gasteiger partial charge in [-0.25, -0.2) is 4.79 Å². The Morgan fingerprint density at radius 3 is 1.43 bits per heavy atom. The molecule has 0 fully saturated rings. The number of carbonyl (C=O) groups is 1. The number of amides is 2. The molecule has 0 aliphatic rings. The van der Waals surface area contributed by atoms with Gasteiger partial charge in [-0.05, 0) is 109 Å². The van der Waals surface area contributed by atoms with Crippen LogP contribution in [0.1, 0.15) is 11.1 Å². The van der Waals surface area contributed by atoms with Crippen LogP contribution < -0.4 is 10.6 Å². The van der Waals surface area contributed by atoms with Crippen molar-refractivity contribution in [3.05, 3.63) is 102 Å². The number of fused-ring (bicyclic) bond motifs is 2. The first-order chi connectivity index (χ1) is 26.2. The highest BCUT2D eigenvalue weighted by atomic mass is 32.2. The van der Waals surface area contributed by atoms with Crippen LogP contribution in [-0.4, -0.2) is 55.2 Å². The first-order valence-corrected chi connectivity index (χ1v) is 20.1. The summed E-state index contributed by atoms with van der Waals surface area (Å²) in [5.74, 6) is -1.30. The van der Waals surface area contributed by atoms with Gasteiger partial charge in [0, 0.05) is 22.1 Å². The number of carbonyl (C=O) groups excluding carboxylic acids is 1. The lowest BCUT2D eigenvalue weighted by Crippen LogP contribution is -2.19. The van der Waals surface area contributed by atoms with Crippen LogP contribution in [-0.2, 0) is 30.4 Å². The van der Waals surface area contributed by atoms with E-state index in [0.29, 0.717) is 5.69 Å². The summed E-state index contributed by atoms with van der Waals surface area (Å²) in [6.07, 6.45) is 0. The Balaban J connectivity index is 1.28. The smallest absolute Gasteiger partial charge is 0.323 e. The molecule has 0 aromatic heterocycles. The Labute approximate surface area is 318 Å². The third-order valence-electron chi connectivity index (χ3n) is 8.27. The topological polar surface area (TPSA) is 294 Å². The van der Waals surface area contributed by atoms with E-state index in [4.69, 9.17) is 0 Å². The third-order valence-corrected chi connectivity index (χ3v) is 10.9. The number of azo groups is 2. The number of aryl methyl sites for hydroxylation is 2. The summed E-state index contributed by atoms with van der Waals surface area (Å²) in [4.78, 5) is 11.0. The molecule has 2 amide bonds. The van der Waals surface area contributed by atoms with Crippen molar-refractivity contribution in [2.24, 2.45) is 20.5 Å².